The van der Waals surface area contributed by atoms with Crippen LogP contribution in [0.3, 0.4) is 0 Å². The number of amides is 1. The number of hydrogen-bond acceptors (Lipinski definition) is 6. The second-order valence-electron chi connectivity index (χ2n) is 4.97. The molecule has 8 heteroatoms. The van der Waals surface area contributed by atoms with E-state index in [1.54, 1.807) is 18.2 Å². The van der Waals surface area contributed by atoms with Crippen LogP contribution in [0.25, 0.3) is 0 Å². The van der Waals surface area contributed by atoms with Crippen LogP contribution in [0.4, 0.5) is 0 Å². The van der Waals surface area contributed by atoms with Crippen LogP contribution in [0.1, 0.15) is 39.8 Å². The van der Waals surface area contributed by atoms with Gasteiger partial charge >= 0.3 is 5.97 Å². The molecule has 2 N–H and O–H groups in total. The van der Waals surface area contributed by atoms with Gasteiger partial charge in [0, 0.05) is 24.4 Å². The average molecular weight is 335 g/mol. The minimum atomic E-state index is -1.05. The van der Waals surface area contributed by atoms with E-state index >= 15 is 0 Å². The number of aromatic carboxylic acids is 1. The van der Waals surface area contributed by atoms with Crippen molar-refractivity contribution in [1.29, 1.82) is 0 Å². The normalized spacial score (nSPS) is 10.6. The predicted octanol–water partition coefficient (Wildman–Crippen LogP) is 2.00. The second-order valence-corrected chi connectivity index (χ2v) is 5.91. The van der Waals surface area contributed by atoms with E-state index in [0.29, 0.717) is 23.9 Å². The molecule has 0 spiro atoms. The van der Waals surface area contributed by atoms with Gasteiger partial charge in [0.15, 0.2) is 5.69 Å². The van der Waals surface area contributed by atoms with Crippen molar-refractivity contribution in [2.75, 3.05) is 6.54 Å². The fourth-order valence-electron chi connectivity index (χ4n) is 1.75. The second kappa shape index (κ2) is 7.68. The van der Waals surface area contributed by atoms with E-state index < -0.39 is 5.97 Å². The molecule has 2 aromatic heterocycles. The lowest BCUT2D eigenvalue weighted by atomic mass is 10.3. The average Bonchev–Trinajstić information content (AvgIpc) is 2.96. The predicted molar refractivity (Wildman–Crippen MR) is 85.1 cm³/mol. The largest absolute Gasteiger partial charge is 0.476 e. The summed E-state index contributed by atoms with van der Waals surface area (Å²) in [6, 6.07) is 5.01. The standard InChI is InChI=1S/C15H17N3O4S/c1-9(2)22-12-5-3-4-10(17-12)14(19)16-7-6-13-18-11(8-23-13)15(20)21/h3-5,8-9H,6-7H2,1-2H3,(H,16,19)(H,20,21). The summed E-state index contributed by atoms with van der Waals surface area (Å²) < 4.78 is 5.45. The van der Waals surface area contributed by atoms with Crippen LogP contribution < -0.4 is 10.1 Å². The number of carbonyl (C=O) groups is 2. The van der Waals surface area contributed by atoms with Gasteiger partial charge in [-0.2, -0.15) is 0 Å². The number of hydrogen-bond donors (Lipinski definition) is 2. The maximum Gasteiger partial charge on any atom is 0.355 e. The Balaban J connectivity index is 1.88. The van der Waals surface area contributed by atoms with Gasteiger partial charge in [-0.25, -0.2) is 14.8 Å². The van der Waals surface area contributed by atoms with Gasteiger partial charge in [0.1, 0.15) is 5.69 Å². The Labute approximate surface area is 137 Å². The maximum atomic E-state index is 12.0. The van der Waals surface area contributed by atoms with Crippen molar-refractivity contribution in [3.8, 4) is 5.88 Å². The third kappa shape index (κ3) is 5.03. The molecule has 1 amide bonds. The Morgan fingerprint density at radius 1 is 1.30 bits per heavy atom. The number of pyridine rings is 1. The van der Waals surface area contributed by atoms with Gasteiger partial charge in [-0.15, -0.1) is 11.3 Å². The molecule has 0 bridgehead atoms. The molecule has 0 saturated carbocycles. The molecule has 0 atom stereocenters. The summed E-state index contributed by atoms with van der Waals surface area (Å²) >= 11 is 1.26. The number of nitrogens with one attached hydrogen (secondary N) is 1. The molecule has 0 aliphatic heterocycles. The SMILES string of the molecule is CC(C)Oc1cccc(C(=O)NCCc2nc(C(=O)O)cs2)n1. The lowest BCUT2D eigenvalue weighted by molar-refractivity contribution is 0.0690. The van der Waals surface area contributed by atoms with E-state index in [0.717, 1.165) is 0 Å². The third-order valence-corrected chi connectivity index (χ3v) is 3.62. The van der Waals surface area contributed by atoms with Crippen molar-refractivity contribution < 1.29 is 19.4 Å². The molecule has 0 aliphatic carbocycles. The number of thiazole rings is 1. The van der Waals surface area contributed by atoms with Crippen molar-refractivity contribution in [3.05, 3.63) is 40.0 Å². The third-order valence-electron chi connectivity index (χ3n) is 2.71. The van der Waals surface area contributed by atoms with E-state index in [9.17, 15) is 9.59 Å². The lowest BCUT2D eigenvalue weighted by Crippen LogP contribution is -2.26. The molecule has 2 aromatic rings. The highest BCUT2D eigenvalue weighted by molar-refractivity contribution is 7.09. The molecular formula is C15H17N3O4S. The molecule has 122 valence electrons. The van der Waals surface area contributed by atoms with E-state index in [-0.39, 0.29) is 23.4 Å². The molecule has 0 fully saturated rings. The van der Waals surface area contributed by atoms with Gasteiger partial charge in [0.25, 0.3) is 5.91 Å². The van der Waals surface area contributed by atoms with Crippen LogP contribution in [-0.2, 0) is 6.42 Å². The molecule has 0 unspecified atom stereocenters. The van der Waals surface area contributed by atoms with Crippen LogP contribution in [-0.4, -0.2) is 39.6 Å². The van der Waals surface area contributed by atoms with Gasteiger partial charge in [0.2, 0.25) is 5.88 Å². The Morgan fingerprint density at radius 2 is 2.09 bits per heavy atom. The van der Waals surface area contributed by atoms with Gasteiger partial charge < -0.3 is 15.2 Å². The zero-order valence-corrected chi connectivity index (χ0v) is 13.6. The number of aromatic nitrogens is 2. The molecule has 0 aliphatic rings. The van der Waals surface area contributed by atoms with E-state index in [1.807, 2.05) is 13.8 Å². The zero-order valence-electron chi connectivity index (χ0n) is 12.8. The van der Waals surface area contributed by atoms with E-state index in [4.69, 9.17) is 9.84 Å². The summed E-state index contributed by atoms with van der Waals surface area (Å²) in [6.07, 6.45) is 0.445. The quantitative estimate of drug-likeness (QED) is 0.802. The number of carbonyl (C=O) groups excluding carboxylic acids is 1. The summed E-state index contributed by atoms with van der Waals surface area (Å²) in [4.78, 5) is 30.9. The monoisotopic (exact) mass is 335 g/mol. The van der Waals surface area contributed by atoms with Gasteiger partial charge in [-0.1, -0.05) is 6.07 Å². The van der Waals surface area contributed by atoms with E-state index in [2.05, 4.69) is 15.3 Å². The van der Waals surface area contributed by atoms with Crippen LogP contribution in [0, 0.1) is 0 Å². The fourth-order valence-corrected chi connectivity index (χ4v) is 2.52. The maximum absolute atomic E-state index is 12.0. The van der Waals surface area contributed by atoms with Gasteiger partial charge in [-0.05, 0) is 19.9 Å². The van der Waals surface area contributed by atoms with Crippen molar-refractivity contribution in [2.45, 2.75) is 26.4 Å². The number of ether oxygens (including phenoxy) is 1. The molecule has 2 heterocycles. The van der Waals surface area contributed by atoms with Crippen molar-refractivity contribution in [2.24, 2.45) is 0 Å². The Hall–Kier alpha value is -2.48. The number of carboxylic acid groups (broad SMARTS) is 1. The summed E-state index contributed by atoms with van der Waals surface area (Å²) in [5.74, 6) is -0.962. The van der Waals surface area contributed by atoms with Crippen LogP contribution in [0.2, 0.25) is 0 Å². The molecule has 0 saturated heterocycles. The van der Waals surface area contributed by atoms with Crippen LogP contribution >= 0.6 is 11.3 Å². The Morgan fingerprint density at radius 3 is 2.74 bits per heavy atom. The molecule has 0 radical (unpaired) electrons. The summed E-state index contributed by atoms with van der Waals surface area (Å²) in [5.41, 5.74) is 0.296. The molecule has 2 rings (SSSR count). The van der Waals surface area contributed by atoms with Crippen LogP contribution in [0.15, 0.2) is 23.6 Å². The zero-order chi connectivity index (χ0) is 16.8. The number of carboxylic acids is 1. The number of nitrogens with zero attached hydrogens (tertiary/aromatic N) is 2. The smallest absolute Gasteiger partial charge is 0.355 e. The first-order chi connectivity index (χ1) is 11.0. The first kappa shape index (κ1) is 16.9. The van der Waals surface area contributed by atoms with E-state index in [1.165, 1.54) is 16.7 Å². The number of rotatable bonds is 7. The molecule has 23 heavy (non-hydrogen) atoms. The molecule has 7 nitrogen and oxygen atoms in total. The highest BCUT2D eigenvalue weighted by atomic mass is 32.1. The fraction of sp³-hybridized carbons (Fsp3) is 0.333. The van der Waals surface area contributed by atoms with Crippen molar-refractivity contribution >= 4 is 23.2 Å². The Kier molecular flexibility index (Phi) is 5.64. The first-order valence-corrected chi connectivity index (χ1v) is 7.93. The molecule has 0 aromatic carbocycles. The highest BCUT2D eigenvalue weighted by Gasteiger charge is 2.11. The summed E-state index contributed by atoms with van der Waals surface area (Å²) in [7, 11) is 0. The topological polar surface area (TPSA) is 101 Å². The van der Waals surface area contributed by atoms with Gasteiger partial charge in [-0.3, -0.25) is 4.79 Å². The van der Waals surface area contributed by atoms with Crippen molar-refractivity contribution in [1.82, 2.24) is 15.3 Å². The Bertz CT molecular complexity index is 700. The lowest BCUT2D eigenvalue weighted by Gasteiger charge is -2.09. The minimum absolute atomic E-state index is 0.0193. The van der Waals surface area contributed by atoms with Crippen molar-refractivity contribution in [3.63, 3.8) is 0 Å². The van der Waals surface area contributed by atoms with Crippen LogP contribution in [0.5, 0.6) is 5.88 Å². The molecular weight excluding hydrogens is 318 g/mol. The minimum Gasteiger partial charge on any atom is -0.476 e. The summed E-state index contributed by atoms with van der Waals surface area (Å²) in [6.45, 7) is 4.12. The first-order valence-electron chi connectivity index (χ1n) is 7.05. The van der Waals surface area contributed by atoms with Gasteiger partial charge in [0.05, 0.1) is 11.1 Å². The summed E-state index contributed by atoms with van der Waals surface area (Å²) in [5, 5.41) is 13.7. The highest BCUT2D eigenvalue weighted by Crippen LogP contribution is 2.11.